The Bertz CT molecular complexity index is 764. The molecule has 2 atom stereocenters. The fourth-order valence-corrected chi connectivity index (χ4v) is 3.24. The number of hydrogen-bond donors (Lipinski definition) is 1. The van der Waals surface area contributed by atoms with E-state index in [0.717, 1.165) is 5.69 Å². The molecule has 2 aromatic rings. The molecule has 1 aliphatic rings. The molecule has 1 amide bonds. The number of benzene rings is 1. The van der Waals surface area contributed by atoms with Gasteiger partial charge in [-0.3, -0.25) is 4.79 Å². The highest BCUT2D eigenvalue weighted by molar-refractivity contribution is 6.31. The maximum atomic E-state index is 13.2. The number of aryl methyl sites for hydroxylation is 1. The topological polar surface area (TPSA) is 80.5 Å². The lowest BCUT2D eigenvalue weighted by molar-refractivity contribution is 0.0671. The van der Waals surface area contributed by atoms with Gasteiger partial charge >= 0.3 is 0 Å². The van der Waals surface area contributed by atoms with E-state index in [4.69, 9.17) is 20.9 Å². The molecule has 8 heteroatoms. The predicted octanol–water partition coefficient (Wildman–Crippen LogP) is 3.07. The zero-order valence-corrected chi connectivity index (χ0v) is 15.2. The first-order valence-corrected chi connectivity index (χ1v) is 8.58. The summed E-state index contributed by atoms with van der Waals surface area (Å²) in [5, 5.41) is 7.56. The van der Waals surface area contributed by atoms with E-state index >= 15 is 0 Å². The van der Waals surface area contributed by atoms with Gasteiger partial charge in [0.15, 0.2) is 5.82 Å². The molecule has 134 valence electrons. The number of halogens is 1. The monoisotopic (exact) mass is 364 g/mol. The Hall–Kier alpha value is -2.12. The third-order valence-electron chi connectivity index (χ3n) is 4.26. The minimum Gasteiger partial charge on any atom is -0.385 e. The first-order chi connectivity index (χ1) is 12.0. The van der Waals surface area contributed by atoms with Gasteiger partial charge in [-0.1, -0.05) is 16.8 Å². The van der Waals surface area contributed by atoms with Crippen LogP contribution in [0.2, 0.25) is 5.02 Å². The molecule has 25 heavy (non-hydrogen) atoms. The van der Waals surface area contributed by atoms with E-state index in [-0.39, 0.29) is 18.1 Å². The van der Waals surface area contributed by atoms with Gasteiger partial charge in [0.1, 0.15) is 6.04 Å². The summed E-state index contributed by atoms with van der Waals surface area (Å²) in [7, 11) is 1.64. The highest BCUT2D eigenvalue weighted by atomic mass is 35.5. The Kier molecular flexibility index (Phi) is 5.24. The summed E-state index contributed by atoms with van der Waals surface area (Å²) in [6, 6.07) is 4.94. The quantitative estimate of drug-likeness (QED) is 0.878. The molecule has 0 aliphatic carbocycles. The third kappa shape index (κ3) is 3.62. The van der Waals surface area contributed by atoms with Crippen molar-refractivity contribution < 1.29 is 14.1 Å². The zero-order chi connectivity index (χ0) is 18.0. The number of nitrogens with zero attached hydrogens (tertiary/aromatic N) is 3. The molecule has 0 bridgehead atoms. The number of ether oxygens (including phenoxy) is 1. The second kappa shape index (κ2) is 7.41. The normalized spacial score (nSPS) is 20.1. The number of aromatic nitrogens is 2. The summed E-state index contributed by atoms with van der Waals surface area (Å²) in [6.45, 7) is 4.89. The minimum absolute atomic E-state index is 0.0806. The van der Waals surface area contributed by atoms with Gasteiger partial charge in [-0.25, -0.2) is 0 Å². The largest absolute Gasteiger partial charge is 0.385 e. The molecule has 1 aliphatic heterocycles. The molecule has 1 N–H and O–H groups in total. The molecule has 3 rings (SSSR count). The Morgan fingerprint density at radius 2 is 2.32 bits per heavy atom. The number of carbonyl (C=O) groups is 1. The fraction of sp³-hybridized carbons (Fsp3) is 0.471. The molecule has 1 aromatic heterocycles. The lowest BCUT2D eigenvalue weighted by Gasteiger charge is -2.23. The molecule has 0 unspecified atom stereocenters. The molecule has 1 fully saturated rings. The number of amides is 1. The maximum Gasteiger partial charge on any atom is 0.256 e. The summed E-state index contributed by atoms with van der Waals surface area (Å²) in [6.07, 6.45) is 0.531. The number of anilines is 1. The SMILES string of the molecule is CCNc1ccc(Cl)cc1C(=O)N1C[C@@H](OC)C[C@@H]1c1nc(C)no1. The van der Waals surface area contributed by atoms with Crippen LogP contribution in [0.3, 0.4) is 0 Å². The van der Waals surface area contributed by atoms with Crippen LogP contribution in [-0.2, 0) is 4.74 Å². The van der Waals surface area contributed by atoms with Crippen molar-refractivity contribution >= 4 is 23.2 Å². The van der Waals surface area contributed by atoms with Crippen molar-refractivity contribution in [1.29, 1.82) is 0 Å². The molecular weight excluding hydrogens is 344 g/mol. The Balaban J connectivity index is 1.95. The number of carbonyl (C=O) groups excluding carboxylic acids is 1. The maximum absolute atomic E-state index is 13.2. The molecule has 1 aromatic carbocycles. The summed E-state index contributed by atoms with van der Waals surface area (Å²) < 4.78 is 10.8. The predicted molar refractivity (Wildman–Crippen MR) is 93.8 cm³/mol. The molecule has 0 radical (unpaired) electrons. The molecule has 2 heterocycles. The smallest absolute Gasteiger partial charge is 0.256 e. The number of rotatable bonds is 5. The molecular formula is C17H21ClN4O3. The van der Waals surface area contributed by atoms with Crippen molar-refractivity contribution in [1.82, 2.24) is 15.0 Å². The molecule has 1 saturated heterocycles. The Labute approximate surface area is 151 Å². The lowest BCUT2D eigenvalue weighted by atomic mass is 10.1. The van der Waals surface area contributed by atoms with E-state index in [1.54, 1.807) is 31.1 Å². The summed E-state index contributed by atoms with van der Waals surface area (Å²) in [5.74, 6) is 0.829. The number of hydrogen-bond acceptors (Lipinski definition) is 6. The van der Waals surface area contributed by atoms with E-state index in [1.807, 2.05) is 13.0 Å². The average molecular weight is 365 g/mol. The minimum atomic E-state index is -0.313. The van der Waals surface area contributed by atoms with Crippen LogP contribution in [0.25, 0.3) is 0 Å². The van der Waals surface area contributed by atoms with E-state index in [0.29, 0.717) is 41.8 Å². The Morgan fingerprint density at radius 1 is 1.52 bits per heavy atom. The fourth-order valence-electron chi connectivity index (χ4n) is 3.07. The highest BCUT2D eigenvalue weighted by Crippen LogP contribution is 2.35. The summed E-state index contributed by atoms with van der Waals surface area (Å²) >= 11 is 6.12. The van der Waals surface area contributed by atoms with Crippen molar-refractivity contribution in [3.05, 3.63) is 40.5 Å². The van der Waals surface area contributed by atoms with Crippen LogP contribution >= 0.6 is 11.6 Å². The number of nitrogens with one attached hydrogen (secondary N) is 1. The summed E-state index contributed by atoms with van der Waals surface area (Å²) in [4.78, 5) is 19.2. The van der Waals surface area contributed by atoms with E-state index < -0.39 is 0 Å². The van der Waals surface area contributed by atoms with Crippen LogP contribution in [0.4, 0.5) is 5.69 Å². The second-order valence-corrected chi connectivity index (χ2v) is 6.40. The van der Waals surface area contributed by atoms with E-state index in [9.17, 15) is 4.79 Å². The first kappa shape index (κ1) is 17.7. The van der Waals surface area contributed by atoms with Crippen LogP contribution in [0, 0.1) is 6.92 Å². The first-order valence-electron chi connectivity index (χ1n) is 8.20. The van der Waals surface area contributed by atoms with Crippen molar-refractivity contribution in [2.24, 2.45) is 0 Å². The van der Waals surface area contributed by atoms with Crippen molar-refractivity contribution in [3.63, 3.8) is 0 Å². The standard InChI is InChI=1S/C17H21ClN4O3/c1-4-19-14-6-5-11(18)7-13(14)17(23)22-9-12(24-3)8-15(22)16-20-10(2)21-25-16/h5-7,12,15,19H,4,8-9H2,1-3H3/t12-,15+/m0/s1. The van der Waals surface area contributed by atoms with Gasteiger partial charge in [0.25, 0.3) is 5.91 Å². The van der Waals surface area contributed by atoms with Crippen molar-refractivity contribution in [3.8, 4) is 0 Å². The van der Waals surface area contributed by atoms with Gasteiger partial charge in [0.2, 0.25) is 5.89 Å². The van der Waals surface area contributed by atoms with E-state index in [2.05, 4.69) is 15.5 Å². The average Bonchev–Trinajstić information content (AvgIpc) is 3.22. The zero-order valence-electron chi connectivity index (χ0n) is 14.5. The van der Waals surface area contributed by atoms with Crippen LogP contribution in [0.15, 0.2) is 22.7 Å². The van der Waals surface area contributed by atoms with Crippen molar-refractivity contribution in [2.45, 2.75) is 32.4 Å². The number of likely N-dealkylation sites (tertiary alicyclic amines) is 1. The summed E-state index contributed by atoms with van der Waals surface area (Å²) in [5.41, 5.74) is 1.27. The second-order valence-electron chi connectivity index (χ2n) is 5.97. The lowest BCUT2D eigenvalue weighted by Crippen LogP contribution is -2.32. The van der Waals surface area contributed by atoms with Gasteiger partial charge in [-0.05, 0) is 32.0 Å². The van der Waals surface area contributed by atoms with Crippen LogP contribution in [0.5, 0.6) is 0 Å². The molecule has 0 saturated carbocycles. The van der Waals surface area contributed by atoms with E-state index in [1.165, 1.54) is 0 Å². The van der Waals surface area contributed by atoms with Gasteiger partial charge < -0.3 is 19.5 Å². The highest BCUT2D eigenvalue weighted by Gasteiger charge is 2.40. The molecule has 7 nitrogen and oxygen atoms in total. The number of methoxy groups -OCH3 is 1. The van der Waals surface area contributed by atoms with Crippen LogP contribution in [-0.4, -0.2) is 47.3 Å². The van der Waals surface area contributed by atoms with Crippen molar-refractivity contribution in [2.75, 3.05) is 25.5 Å². The Morgan fingerprint density at radius 3 is 2.96 bits per heavy atom. The van der Waals surface area contributed by atoms with Crippen LogP contribution < -0.4 is 5.32 Å². The third-order valence-corrected chi connectivity index (χ3v) is 4.50. The molecule has 0 spiro atoms. The van der Waals surface area contributed by atoms with Crippen LogP contribution in [0.1, 0.15) is 41.5 Å². The van der Waals surface area contributed by atoms with Gasteiger partial charge in [0, 0.05) is 37.3 Å². The van der Waals surface area contributed by atoms with Gasteiger partial charge in [0.05, 0.1) is 11.7 Å². The van der Waals surface area contributed by atoms with Gasteiger partial charge in [-0.2, -0.15) is 4.98 Å². The van der Waals surface area contributed by atoms with Gasteiger partial charge in [-0.15, -0.1) is 0 Å².